The molecule has 1 N–H and O–H groups in total. The molecule has 0 bridgehead atoms. The van der Waals surface area contributed by atoms with Crippen molar-refractivity contribution in [1.29, 1.82) is 0 Å². The van der Waals surface area contributed by atoms with Gasteiger partial charge in [0.05, 0.1) is 29.2 Å². The normalized spacial score (nSPS) is 30.7. The summed E-state index contributed by atoms with van der Waals surface area (Å²) in [6, 6.07) is 14.3. The van der Waals surface area contributed by atoms with Crippen LogP contribution in [0.4, 0.5) is 5.69 Å². The Kier molecular flexibility index (Phi) is 7.80. The van der Waals surface area contributed by atoms with E-state index in [4.69, 9.17) is 0 Å². The molecule has 0 aliphatic carbocycles. The van der Waals surface area contributed by atoms with Crippen molar-refractivity contribution >= 4 is 35.2 Å². The van der Waals surface area contributed by atoms with Crippen LogP contribution in [0.2, 0.25) is 0 Å². The van der Waals surface area contributed by atoms with E-state index < -0.39 is 33.4 Å². The quantitative estimate of drug-likeness (QED) is 0.480. The lowest BCUT2D eigenvalue weighted by Gasteiger charge is -2.40. The Labute approximate surface area is 258 Å². The third-order valence-corrected chi connectivity index (χ3v) is 11.5. The highest BCUT2D eigenvalue weighted by Crippen LogP contribution is 2.66. The molecule has 2 fully saturated rings. The van der Waals surface area contributed by atoms with Gasteiger partial charge in [0.15, 0.2) is 0 Å². The van der Waals surface area contributed by atoms with E-state index in [-0.39, 0.29) is 24.3 Å². The van der Waals surface area contributed by atoms with Crippen LogP contribution in [0.1, 0.15) is 37.0 Å². The summed E-state index contributed by atoms with van der Waals surface area (Å²) in [5, 5.41) is 10.8. The predicted molar refractivity (Wildman–Crippen MR) is 171 cm³/mol. The Balaban J connectivity index is 1.52. The second-order valence-corrected chi connectivity index (χ2v) is 14.3. The van der Waals surface area contributed by atoms with Crippen LogP contribution in [0.5, 0.6) is 0 Å². The van der Waals surface area contributed by atoms with Gasteiger partial charge in [0.2, 0.25) is 11.8 Å². The minimum Gasteiger partial charge on any atom is -0.394 e. The fourth-order valence-corrected chi connectivity index (χ4v) is 10.1. The average Bonchev–Trinajstić information content (AvgIpc) is 3.26. The number of aliphatic hydroxyl groups is 1. The van der Waals surface area contributed by atoms with Crippen molar-refractivity contribution in [3.63, 3.8) is 0 Å². The standard InChI is InChI=1S/C35H41N3O4S/c1-5-18-36-19-10-16-34(4)27(31(36)40)28-32(41)38(26(22-39)21-25-14-7-6-8-15-25)30-33(42)37(20-11-17-35(28,30)43-34)29-23(2)12-9-13-24(29)3/h6-17,26-28,30,39H,5,18-22H2,1-4H3/t26-,27+,28+,30?,34-,35+/m1/s1. The lowest BCUT2D eigenvalue weighted by atomic mass is 9.74. The van der Waals surface area contributed by atoms with Crippen molar-refractivity contribution in [2.45, 2.75) is 62.1 Å². The number of thioether (sulfide) groups is 1. The van der Waals surface area contributed by atoms with Crippen molar-refractivity contribution in [2.75, 3.05) is 31.1 Å². The first kappa shape index (κ1) is 29.7. The van der Waals surface area contributed by atoms with E-state index in [0.29, 0.717) is 26.1 Å². The van der Waals surface area contributed by atoms with Gasteiger partial charge in [-0.15, -0.1) is 11.8 Å². The highest BCUT2D eigenvalue weighted by atomic mass is 32.2. The zero-order chi connectivity index (χ0) is 30.5. The molecule has 2 aromatic rings. The molecule has 3 amide bonds. The third kappa shape index (κ3) is 4.65. The highest BCUT2D eigenvalue weighted by molar-refractivity contribution is 8.02. The van der Waals surface area contributed by atoms with Crippen molar-refractivity contribution < 1.29 is 19.5 Å². The van der Waals surface area contributed by atoms with Crippen molar-refractivity contribution in [3.8, 4) is 0 Å². The van der Waals surface area contributed by atoms with Gasteiger partial charge in [-0.2, -0.15) is 0 Å². The van der Waals surface area contributed by atoms with E-state index in [9.17, 15) is 14.7 Å². The Morgan fingerprint density at radius 3 is 2.28 bits per heavy atom. The summed E-state index contributed by atoms with van der Waals surface area (Å²) < 4.78 is -1.62. The zero-order valence-electron chi connectivity index (χ0n) is 25.4. The number of aryl methyl sites for hydroxylation is 2. The Hall–Kier alpha value is -3.36. The molecular weight excluding hydrogens is 558 g/mol. The lowest BCUT2D eigenvalue weighted by Crippen LogP contribution is -2.57. The largest absolute Gasteiger partial charge is 0.394 e. The highest BCUT2D eigenvalue weighted by Gasteiger charge is 2.74. The number of benzene rings is 2. The number of hydrogen-bond acceptors (Lipinski definition) is 5. The van der Waals surface area contributed by atoms with E-state index in [1.165, 1.54) is 0 Å². The number of nitrogens with zero attached hydrogens (tertiary/aromatic N) is 3. The summed E-state index contributed by atoms with van der Waals surface area (Å²) in [6.45, 7) is 9.31. The van der Waals surface area contributed by atoms with Crippen LogP contribution < -0.4 is 4.90 Å². The van der Waals surface area contributed by atoms with Crippen LogP contribution in [0, 0.1) is 25.7 Å². The van der Waals surface area contributed by atoms with Crippen LogP contribution in [-0.4, -0.2) is 80.4 Å². The average molecular weight is 600 g/mol. The van der Waals surface area contributed by atoms with Gasteiger partial charge >= 0.3 is 0 Å². The first-order valence-corrected chi connectivity index (χ1v) is 16.2. The Bertz CT molecular complexity index is 1470. The van der Waals surface area contributed by atoms with Gasteiger partial charge in [-0.3, -0.25) is 14.4 Å². The first-order chi connectivity index (χ1) is 20.7. The maximum atomic E-state index is 15.0. The van der Waals surface area contributed by atoms with E-state index in [2.05, 4.69) is 19.1 Å². The summed E-state index contributed by atoms with van der Waals surface area (Å²) in [5.74, 6) is -1.77. The second-order valence-electron chi connectivity index (χ2n) is 12.5. The summed E-state index contributed by atoms with van der Waals surface area (Å²) in [4.78, 5) is 49.5. The number of likely N-dealkylation sites (tertiary alicyclic amines) is 1. The molecule has 4 aliphatic rings. The summed E-state index contributed by atoms with van der Waals surface area (Å²) >= 11 is 1.59. The molecule has 1 unspecified atom stereocenters. The monoisotopic (exact) mass is 599 g/mol. The molecule has 0 radical (unpaired) electrons. The van der Waals surface area contributed by atoms with Gasteiger partial charge in [0.25, 0.3) is 5.91 Å². The second kappa shape index (κ2) is 11.3. The molecule has 0 aromatic heterocycles. The molecule has 2 saturated heterocycles. The number of amides is 3. The minimum atomic E-state index is -0.960. The number of aliphatic hydroxyl groups excluding tert-OH is 1. The number of para-hydroxylation sites is 1. The maximum Gasteiger partial charge on any atom is 0.251 e. The van der Waals surface area contributed by atoms with E-state index in [0.717, 1.165) is 28.8 Å². The van der Waals surface area contributed by atoms with Crippen LogP contribution >= 0.6 is 11.8 Å². The number of anilines is 1. The number of carbonyl (C=O) groups is 3. The first-order valence-electron chi connectivity index (χ1n) is 15.4. The van der Waals surface area contributed by atoms with E-state index >= 15 is 4.79 Å². The van der Waals surface area contributed by atoms with Gasteiger partial charge < -0.3 is 19.8 Å². The number of hydrogen-bond donors (Lipinski definition) is 1. The molecular formula is C35H41N3O4S. The lowest BCUT2D eigenvalue weighted by molar-refractivity contribution is -0.145. The third-order valence-electron chi connectivity index (χ3n) is 9.70. The van der Waals surface area contributed by atoms with Gasteiger partial charge in [-0.05, 0) is 50.3 Å². The van der Waals surface area contributed by atoms with Crippen LogP contribution in [0.3, 0.4) is 0 Å². The smallest absolute Gasteiger partial charge is 0.251 e. The molecule has 6 rings (SSSR count). The fraction of sp³-hybridized carbons (Fsp3) is 0.457. The fourth-order valence-electron chi connectivity index (χ4n) is 7.94. The van der Waals surface area contributed by atoms with Gasteiger partial charge in [-0.25, -0.2) is 0 Å². The SMILES string of the molecule is CCCN1CC=C[C@@]2(C)S[C@]34C=CCN(c5c(C)cccc5C)C(=O)C3N([C@@H](CO)Cc3ccccc3)C(=O)[C@@H]4[C@H]2C1=O. The number of rotatable bonds is 7. The van der Waals surface area contributed by atoms with Crippen molar-refractivity contribution in [2.24, 2.45) is 11.8 Å². The molecule has 0 saturated carbocycles. The summed E-state index contributed by atoms with van der Waals surface area (Å²) in [7, 11) is 0. The molecule has 2 aromatic carbocycles. The van der Waals surface area contributed by atoms with Crippen LogP contribution in [-0.2, 0) is 20.8 Å². The van der Waals surface area contributed by atoms with Crippen molar-refractivity contribution in [1.82, 2.24) is 9.80 Å². The molecule has 4 aliphatic heterocycles. The summed E-state index contributed by atoms with van der Waals surface area (Å²) in [6.07, 6.45) is 9.44. The topological polar surface area (TPSA) is 81.2 Å². The van der Waals surface area contributed by atoms with Crippen LogP contribution in [0.15, 0.2) is 72.8 Å². The van der Waals surface area contributed by atoms with E-state index in [1.807, 2.05) is 86.4 Å². The number of carbonyl (C=O) groups excluding carboxylic acids is 3. The number of fused-ring (bicyclic) bond motifs is 2. The Morgan fingerprint density at radius 1 is 0.907 bits per heavy atom. The Morgan fingerprint density at radius 2 is 1.60 bits per heavy atom. The van der Waals surface area contributed by atoms with Crippen LogP contribution in [0.25, 0.3) is 0 Å². The predicted octanol–water partition coefficient (Wildman–Crippen LogP) is 4.31. The molecule has 43 heavy (non-hydrogen) atoms. The maximum absolute atomic E-state index is 15.0. The van der Waals surface area contributed by atoms with Gasteiger partial charge in [-0.1, -0.05) is 79.8 Å². The van der Waals surface area contributed by atoms with Gasteiger partial charge in [0.1, 0.15) is 6.04 Å². The molecule has 6 atom stereocenters. The molecule has 1 spiro atoms. The molecule has 7 nitrogen and oxygen atoms in total. The summed E-state index contributed by atoms with van der Waals surface area (Å²) in [5.41, 5.74) is 3.79. The molecule has 4 heterocycles. The molecule has 226 valence electrons. The minimum absolute atomic E-state index is 0.0296. The zero-order valence-corrected chi connectivity index (χ0v) is 26.2. The van der Waals surface area contributed by atoms with Gasteiger partial charge in [0, 0.05) is 30.1 Å². The van der Waals surface area contributed by atoms with E-state index in [1.54, 1.807) is 21.6 Å². The molecule has 8 heteroatoms. The van der Waals surface area contributed by atoms with Crippen molar-refractivity contribution in [3.05, 3.63) is 89.5 Å².